The summed E-state index contributed by atoms with van der Waals surface area (Å²) < 4.78 is 0. The Hall–Kier alpha value is -2.56. The molecule has 5 nitrogen and oxygen atoms in total. The maximum atomic E-state index is 4.76. The van der Waals surface area contributed by atoms with Crippen LogP contribution in [0.15, 0.2) is 36.5 Å². The second-order valence-corrected chi connectivity index (χ2v) is 7.40. The first-order chi connectivity index (χ1) is 12.7. The molecule has 0 spiro atoms. The Labute approximate surface area is 154 Å². The number of aromatic amines is 1. The van der Waals surface area contributed by atoms with Crippen LogP contribution in [-0.2, 0) is 6.42 Å². The highest BCUT2D eigenvalue weighted by Gasteiger charge is 2.18. The molecule has 136 valence electrons. The maximum absolute atomic E-state index is 4.76. The number of anilines is 2. The molecule has 1 aromatic carbocycles. The van der Waals surface area contributed by atoms with Crippen molar-refractivity contribution in [1.82, 2.24) is 15.0 Å². The van der Waals surface area contributed by atoms with E-state index in [4.69, 9.17) is 4.98 Å². The molecule has 0 radical (unpaired) electrons. The Bertz CT molecular complexity index is 877. The molecule has 0 unspecified atom stereocenters. The molecule has 0 atom stereocenters. The Kier molecular flexibility index (Phi) is 4.78. The van der Waals surface area contributed by atoms with Crippen molar-refractivity contribution in [1.29, 1.82) is 0 Å². The molecule has 5 heteroatoms. The summed E-state index contributed by atoms with van der Waals surface area (Å²) in [4.78, 5) is 15.1. The number of aromatic nitrogens is 3. The van der Waals surface area contributed by atoms with Crippen LogP contribution in [0.1, 0.15) is 31.0 Å². The van der Waals surface area contributed by atoms with Crippen LogP contribution < -0.4 is 10.2 Å². The molecule has 3 heterocycles. The Morgan fingerprint density at radius 2 is 2.00 bits per heavy atom. The molecule has 1 aliphatic heterocycles. The number of H-pyrrole nitrogens is 1. The minimum atomic E-state index is 0.810. The topological polar surface area (TPSA) is 56.8 Å². The van der Waals surface area contributed by atoms with Gasteiger partial charge in [-0.15, -0.1) is 0 Å². The van der Waals surface area contributed by atoms with Crippen molar-refractivity contribution in [2.45, 2.75) is 33.1 Å². The molecule has 0 amide bonds. The Morgan fingerprint density at radius 3 is 2.85 bits per heavy atom. The molecule has 1 saturated heterocycles. The number of hydrogen-bond acceptors (Lipinski definition) is 4. The van der Waals surface area contributed by atoms with E-state index >= 15 is 0 Å². The lowest BCUT2D eigenvalue weighted by atomic mass is 10.00. The van der Waals surface area contributed by atoms with Gasteiger partial charge in [-0.2, -0.15) is 4.98 Å². The zero-order valence-corrected chi connectivity index (χ0v) is 15.6. The monoisotopic (exact) mass is 349 g/mol. The van der Waals surface area contributed by atoms with Gasteiger partial charge in [0.05, 0.1) is 0 Å². The van der Waals surface area contributed by atoms with Gasteiger partial charge in [0.15, 0.2) is 0 Å². The number of fused-ring (bicyclic) bond motifs is 1. The van der Waals surface area contributed by atoms with Crippen LogP contribution in [0.5, 0.6) is 0 Å². The normalized spacial score (nSPS) is 15.5. The number of para-hydroxylation sites is 1. The lowest BCUT2D eigenvalue weighted by Crippen LogP contribution is -2.34. The van der Waals surface area contributed by atoms with Gasteiger partial charge in [0.2, 0.25) is 5.95 Å². The molecule has 1 aliphatic rings. The van der Waals surface area contributed by atoms with Gasteiger partial charge in [-0.1, -0.05) is 25.1 Å². The highest BCUT2D eigenvalue weighted by atomic mass is 15.3. The summed E-state index contributed by atoms with van der Waals surface area (Å²) in [6, 6.07) is 10.5. The molecule has 3 aromatic rings. The molecule has 1 fully saturated rings. The summed E-state index contributed by atoms with van der Waals surface area (Å²) in [6.07, 6.45) is 5.52. The number of benzene rings is 1. The van der Waals surface area contributed by atoms with Crippen molar-refractivity contribution in [2.75, 3.05) is 29.9 Å². The van der Waals surface area contributed by atoms with E-state index in [2.05, 4.69) is 57.6 Å². The third-order valence-corrected chi connectivity index (χ3v) is 5.28. The fourth-order valence-corrected chi connectivity index (χ4v) is 3.66. The molecule has 2 aromatic heterocycles. The number of rotatable bonds is 5. The molecule has 0 aliphatic carbocycles. The van der Waals surface area contributed by atoms with Crippen molar-refractivity contribution in [3.63, 3.8) is 0 Å². The summed E-state index contributed by atoms with van der Waals surface area (Å²) >= 11 is 0. The van der Waals surface area contributed by atoms with Crippen LogP contribution in [-0.4, -0.2) is 34.6 Å². The number of piperidine rings is 1. The summed E-state index contributed by atoms with van der Waals surface area (Å²) in [5.41, 5.74) is 3.55. The lowest BCUT2D eigenvalue weighted by molar-refractivity contribution is 0.434. The molecule has 2 N–H and O–H groups in total. The zero-order chi connectivity index (χ0) is 17.9. The van der Waals surface area contributed by atoms with Crippen molar-refractivity contribution < 1.29 is 0 Å². The third-order valence-electron chi connectivity index (χ3n) is 5.28. The van der Waals surface area contributed by atoms with E-state index in [1.54, 1.807) is 0 Å². The molecule has 0 saturated carbocycles. The van der Waals surface area contributed by atoms with E-state index in [1.165, 1.54) is 29.3 Å². The Morgan fingerprint density at radius 1 is 1.19 bits per heavy atom. The highest BCUT2D eigenvalue weighted by molar-refractivity contribution is 5.83. The summed E-state index contributed by atoms with van der Waals surface area (Å²) in [6.45, 7) is 7.34. The van der Waals surface area contributed by atoms with Crippen molar-refractivity contribution in [3.05, 3.63) is 47.8 Å². The van der Waals surface area contributed by atoms with Gasteiger partial charge in [-0.25, -0.2) is 4.98 Å². The third kappa shape index (κ3) is 3.66. The second-order valence-electron chi connectivity index (χ2n) is 7.40. The van der Waals surface area contributed by atoms with Crippen LogP contribution in [0.2, 0.25) is 0 Å². The number of nitrogens with zero attached hydrogens (tertiary/aromatic N) is 3. The van der Waals surface area contributed by atoms with Crippen molar-refractivity contribution in [3.8, 4) is 0 Å². The highest BCUT2D eigenvalue weighted by Crippen LogP contribution is 2.22. The van der Waals surface area contributed by atoms with Crippen LogP contribution in [0.4, 0.5) is 11.8 Å². The molecule has 4 rings (SSSR count). The average molecular weight is 349 g/mol. The Balaban J connectivity index is 1.41. The van der Waals surface area contributed by atoms with Crippen LogP contribution in [0, 0.1) is 12.8 Å². The van der Waals surface area contributed by atoms with Gasteiger partial charge in [0.1, 0.15) is 5.82 Å². The van der Waals surface area contributed by atoms with E-state index in [1.807, 2.05) is 13.0 Å². The molecule has 26 heavy (non-hydrogen) atoms. The van der Waals surface area contributed by atoms with Gasteiger partial charge < -0.3 is 15.2 Å². The van der Waals surface area contributed by atoms with Gasteiger partial charge >= 0.3 is 0 Å². The van der Waals surface area contributed by atoms with Gasteiger partial charge in [0, 0.05) is 48.5 Å². The molecule has 0 bridgehead atoms. The fraction of sp³-hybridized carbons (Fsp3) is 0.429. The molecular weight excluding hydrogens is 322 g/mol. The van der Waals surface area contributed by atoms with Crippen LogP contribution in [0.25, 0.3) is 10.9 Å². The predicted molar refractivity (Wildman–Crippen MR) is 108 cm³/mol. The quantitative estimate of drug-likeness (QED) is 0.726. The van der Waals surface area contributed by atoms with Crippen LogP contribution in [0.3, 0.4) is 0 Å². The van der Waals surface area contributed by atoms with Crippen molar-refractivity contribution >= 4 is 22.7 Å². The van der Waals surface area contributed by atoms with Gasteiger partial charge in [-0.3, -0.25) is 0 Å². The minimum Gasteiger partial charge on any atom is -0.370 e. The maximum Gasteiger partial charge on any atom is 0.227 e. The standard InChI is InChI=1S/C21H27N5/c1-15-8-11-26(12-9-15)21-24-16(2)13-20(25-21)22-10-7-17-14-23-19-6-4-3-5-18(17)19/h3-6,13-15,23H,7-12H2,1-2H3,(H,22,24,25). The van der Waals surface area contributed by atoms with Gasteiger partial charge in [0.25, 0.3) is 0 Å². The fourth-order valence-electron chi connectivity index (χ4n) is 3.66. The summed E-state index contributed by atoms with van der Waals surface area (Å²) in [7, 11) is 0. The average Bonchev–Trinajstić information content (AvgIpc) is 3.05. The summed E-state index contributed by atoms with van der Waals surface area (Å²) in [5, 5.41) is 4.79. The first-order valence-corrected chi connectivity index (χ1v) is 9.58. The van der Waals surface area contributed by atoms with E-state index in [-0.39, 0.29) is 0 Å². The largest absolute Gasteiger partial charge is 0.370 e. The lowest BCUT2D eigenvalue weighted by Gasteiger charge is -2.30. The van der Waals surface area contributed by atoms with Crippen molar-refractivity contribution in [2.24, 2.45) is 5.92 Å². The van der Waals surface area contributed by atoms with E-state index in [9.17, 15) is 0 Å². The van der Waals surface area contributed by atoms with E-state index in [0.29, 0.717) is 0 Å². The van der Waals surface area contributed by atoms with Gasteiger partial charge in [-0.05, 0) is 43.7 Å². The van der Waals surface area contributed by atoms with Crippen LogP contribution >= 0.6 is 0 Å². The number of aryl methyl sites for hydroxylation is 1. The number of nitrogens with one attached hydrogen (secondary N) is 2. The first-order valence-electron chi connectivity index (χ1n) is 9.58. The second kappa shape index (κ2) is 7.36. The number of hydrogen-bond donors (Lipinski definition) is 2. The van der Waals surface area contributed by atoms with E-state index in [0.717, 1.165) is 49.4 Å². The summed E-state index contributed by atoms with van der Waals surface area (Å²) in [5.74, 6) is 2.60. The minimum absolute atomic E-state index is 0.810. The first kappa shape index (κ1) is 16.9. The predicted octanol–water partition coefficient (Wildman–Crippen LogP) is 4.16. The zero-order valence-electron chi connectivity index (χ0n) is 15.6. The SMILES string of the molecule is Cc1cc(NCCc2c[nH]c3ccccc23)nc(N2CCC(C)CC2)n1. The smallest absolute Gasteiger partial charge is 0.227 e. The molecular formula is C21H27N5. The van der Waals surface area contributed by atoms with E-state index < -0.39 is 0 Å².